The Morgan fingerprint density at radius 3 is 1.19 bits per heavy atom. The Balaban J connectivity index is 4.23. The zero-order valence-electron chi connectivity index (χ0n) is 50.7. The van der Waals surface area contributed by atoms with E-state index in [4.69, 9.17) is 9.05 Å². The van der Waals surface area contributed by atoms with E-state index < -0.39 is 20.0 Å². The van der Waals surface area contributed by atoms with Crippen molar-refractivity contribution in [3.63, 3.8) is 0 Å². The van der Waals surface area contributed by atoms with Crippen LogP contribution < -0.4 is 5.32 Å². The monoisotopic (exact) mass is 1090 g/mol. The number of nitrogens with zero attached hydrogens (tertiary/aromatic N) is 1. The van der Waals surface area contributed by atoms with Crippen LogP contribution >= 0.6 is 7.82 Å². The summed E-state index contributed by atoms with van der Waals surface area (Å²) in [5.41, 5.74) is 0. The van der Waals surface area contributed by atoms with Crippen molar-refractivity contribution in [2.45, 2.75) is 276 Å². The van der Waals surface area contributed by atoms with E-state index in [0.29, 0.717) is 17.4 Å². The standard InChI is InChI=1S/C68H121N2O6P/c1-6-8-10-12-14-16-18-20-22-24-26-28-30-32-33-34-35-36-37-38-40-42-44-46-48-50-52-54-56-58-60-62-68(72)69-66(65-76-77(73,74)75-64-63-70(3,4)5)67(71)61-59-57-55-53-51-49-47-45-43-41-39-31-29-27-25-23-21-19-17-15-13-11-9-7-2/h8,10,14,16,20,22,26,28,32-33,35-36,43,45,51,53,59,61,66-67,71H,6-7,9,11-13,15,17-19,21,23-25,27,29-31,34,37-42,44,46-50,52,54-58,60,62-65H2,1-5H3,(H-,69,72,73,74)/p+1/b10-8-,16-14-,22-20-,28-26-,33-32-,36-35-,45-43+,53-51+,61-59+. The fourth-order valence-electron chi connectivity index (χ4n) is 8.78. The van der Waals surface area contributed by atoms with Crippen molar-refractivity contribution in [3.8, 4) is 0 Å². The first kappa shape index (κ1) is 74.2. The average Bonchev–Trinajstić information content (AvgIpc) is 3.39. The highest BCUT2D eigenvalue weighted by Crippen LogP contribution is 2.43. The molecule has 0 rings (SSSR count). The highest BCUT2D eigenvalue weighted by molar-refractivity contribution is 7.47. The molecule has 0 spiro atoms. The molecular weight excluding hydrogens is 972 g/mol. The third-order valence-electron chi connectivity index (χ3n) is 13.7. The molecule has 0 aromatic heterocycles. The molecule has 444 valence electrons. The molecule has 3 unspecified atom stereocenters. The molecule has 0 heterocycles. The maximum absolute atomic E-state index is 13.0. The first-order chi connectivity index (χ1) is 37.5. The van der Waals surface area contributed by atoms with Crippen LogP contribution in [0.3, 0.4) is 0 Å². The maximum Gasteiger partial charge on any atom is 0.472 e. The van der Waals surface area contributed by atoms with Crippen LogP contribution in [0.25, 0.3) is 0 Å². The number of phosphoric ester groups is 1. The number of nitrogens with one attached hydrogen (secondary N) is 1. The summed E-state index contributed by atoms with van der Waals surface area (Å²) in [7, 11) is 1.54. The van der Waals surface area contributed by atoms with Crippen LogP contribution in [0.4, 0.5) is 0 Å². The highest BCUT2D eigenvalue weighted by Gasteiger charge is 2.27. The second kappa shape index (κ2) is 57.8. The molecule has 3 N–H and O–H groups in total. The van der Waals surface area contributed by atoms with Gasteiger partial charge in [0.05, 0.1) is 39.9 Å². The summed E-state index contributed by atoms with van der Waals surface area (Å²) < 4.78 is 23.7. The van der Waals surface area contributed by atoms with Gasteiger partial charge in [-0.25, -0.2) is 4.57 Å². The average molecular weight is 1090 g/mol. The summed E-state index contributed by atoms with van der Waals surface area (Å²) in [6.45, 7) is 4.68. The molecule has 0 aliphatic rings. The van der Waals surface area contributed by atoms with Gasteiger partial charge in [0.15, 0.2) is 0 Å². The zero-order valence-corrected chi connectivity index (χ0v) is 51.6. The normalized spacial score (nSPS) is 14.5. The van der Waals surface area contributed by atoms with E-state index in [0.717, 1.165) is 83.5 Å². The molecule has 0 aromatic carbocycles. The van der Waals surface area contributed by atoms with Gasteiger partial charge in [0.1, 0.15) is 13.2 Å². The Kier molecular flexibility index (Phi) is 55.7. The molecule has 0 aliphatic heterocycles. The van der Waals surface area contributed by atoms with Crippen molar-refractivity contribution in [2.75, 3.05) is 40.9 Å². The van der Waals surface area contributed by atoms with Crippen LogP contribution in [-0.2, 0) is 18.4 Å². The van der Waals surface area contributed by atoms with Crippen molar-refractivity contribution in [2.24, 2.45) is 0 Å². The minimum atomic E-state index is -4.37. The number of carbonyl (C=O) groups is 1. The Hall–Kier alpha value is -2.84. The van der Waals surface area contributed by atoms with Gasteiger partial charge >= 0.3 is 7.82 Å². The number of hydrogen-bond acceptors (Lipinski definition) is 5. The number of rotatable bonds is 57. The quantitative estimate of drug-likeness (QED) is 0.0243. The van der Waals surface area contributed by atoms with Gasteiger partial charge in [0.25, 0.3) is 0 Å². The van der Waals surface area contributed by atoms with Gasteiger partial charge in [-0.2, -0.15) is 0 Å². The maximum atomic E-state index is 13.0. The minimum Gasteiger partial charge on any atom is -0.387 e. The molecule has 0 saturated carbocycles. The molecule has 0 saturated heterocycles. The number of hydrogen-bond donors (Lipinski definition) is 3. The van der Waals surface area contributed by atoms with E-state index in [1.807, 2.05) is 27.2 Å². The summed E-state index contributed by atoms with van der Waals surface area (Å²) in [5.74, 6) is -0.196. The van der Waals surface area contributed by atoms with Gasteiger partial charge in [0, 0.05) is 6.42 Å². The summed E-state index contributed by atoms with van der Waals surface area (Å²) >= 11 is 0. The number of carbonyl (C=O) groups excluding carboxylic acids is 1. The molecule has 0 fully saturated rings. The van der Waals surface area contributed by atoms with Crippen LogP contribution in [0.5, 0.6) is 0 Å². The number of aliphatic hydroxyl groups is 1. The van der Waals surface area contributed by atoms with Crippen LogP contribution in [0.1, 0.15) is 264 Å². The van der Waals surface area contributed by atoms with Crippen molar-refractivity contribution < 1.29 is 32.9 Å². The number of aliphatic hydroxyl groups excluding tert-OH is 1. The van der Waals surface area contributed by atoms with E-state index >= 15 is 0 Å². The molecular formula is C68H122N2O6P+. The molecule has 3 atom stereocenters. The Morgan fingerprint density at radius 1 is 0.455 bits per heavy atom. The molecule has 1 amide bonds. The Morgan fingerprint density at radius 2 is 0.792 bits per heavy atom. The largest absolute Gasteiger partial charge is 0.472 e. The molecule has 8 nitrogen and oxygen atoms in total. The lowest BCUT2D eigenvalue weighted by Crippen LogP contribution is -2.45. The first-order valence-electron chi connectivity index (χ1n) is 31.8. The lowest BCUT2D eigenvalue weighted by atomic mass is 10.0. The minimum absolute atomic E-state index is 0.0486. The van der Waals surface area contributed by atoms with Gasteiger partial charge in [-0.15, -0.1) is 0 Å². The van der Waals surface area contributed by atoms with E-state index in [2.05, 4.69) is 116 Å². The predicted octanol–water partition coefficient (Wildman–Crippen LogP) is 19.9. The second-order valence-corrected chi connectivity index (χ2v) is 23.8. The zero-order chi connectivity index (χ0) is 56.3. The smallest absolute Gasteiger partial charge is 0.387 e. The van der Waals surface area contributed by atoms with E-state index in [1.54, 1.807) is 6.08 Å². The Bertz CT molecular complexity index is 1620. The topological polar surface area (TPSA) is 105 Å². The van der Waals surface area contributed by atoms with E-state index in [1.165, 1.54) is 161 Å². The third-order valence-corrected chi connectivity index (χ3v) is 14.7. The highest BCUT2D eigenvalue weighted by atomic mass is 31.2. The summed E-state index contributed by atoms with van der Waals surface area (Å²) in [5, 5.41) is 13.9. The number of amides is 1. The number of phosphoric acid groups is 1. The van der Waals surface area contributed by atoms with E-state index in [-0.39, 0.29) is 19.1 Å². The molecule has 9 heteroatoms. The van der Waals surface area contributed by atoms with Crippen LogP contribution in [0.15, 0.2) is 109 Å². The lowest BCUT2D eigenvalue weighted by Gasteiger charge is -2.25. The summed E-state index contributed by atoms with van der Waals surface area (Å²) in [6, 6.07) is -0.879. The third kappa shape index (κ3) is 60.6. The fourth-order valence-corrected chi connectivity index (χ4v) is 9.52. The van der Waals surface area contributed by atoms with Crippen LogP contribution in [0.2, 0.25) is 0 Å². The van der Waals surface area contributed by atoms with Gasteiger partial charge in [0.2, 0.25) is 5.91 Å². The Labute approximate surface area is 476 Å². The van der Waals surface area contributed by atoms with Crippen molar-refractivity contribution in [1.82, 2.24) is 5.32 Å². The van der Waals surface area contributed by atoms with Gasteiger partial charge in [-0.05, 0) is 96.3 Å². The van der Waals surface area contributed by atoms with Crippen molar-refractivity contribution >= 4 is 13.7 Å². The number of unbranched alkanes of at least 4 members (excludes halogenated alkanes) is 28. The summed E-state index contributed by atoms with van der Waals surface area (Å²) in [4.78, 5) is 23.4. The molecule has 77 heavy (non-hydrogen) atoms. The molecule has 0 aromatic rings. The molecule has 0 radical (unpaired) electrons. The molecule has 0 aliphatic carbocycles. The summed E-state index contributed by atoms with van der Waals surface area (Å²) in [6.07, 6.45) is 84.9. The van der Waals surface area contributed by atoms with Crippen molar-refractivity contribution in [3.05, 3.63) is 109 Å². The lowest BCUT2D eigenvalue weighted by molar-refractivity contribution is -0.870. The molecule has 0 bridgehead atoms. The number of likely N-dealkylation sites (N-methyl/N-ethyl adjacent to an activating group) is 1. The van der Waals surface area contributed by atoms with Crippen molar-refractivity contribution in [1.29, 1.82) is 0 Å². The fraction of sp³-hybridized carbons (Fsp3) is 0.721. The SMILES string of the molecule is CC/C=C\C/C=C\C/C=C\C/C=C\C/C=C\C/C=C\CCCCCCCCCCCCCCC(=O)NC(COP(=O)(O)OCC[N+](C)(C)C)C(O)/C=C/CC/C=C/CC/C=C/CCCCCCCCCCCCCCCC. The number of allylic oxidation sites excluding steroid dienone is 17. The van der Waals surface area contributed by atoms with Gasteiger partial charge in [-0.3, -0.25) is 13.8 Å². The van der Waals surface area contributed by atoms with Crippen LogP contribution in [-0.4, -0.2) is 73.4 Å². The first-order valence-corrected chi connectivity index (χ1v) is 33.3. The van der Waals surface area contributed by atoms with E-state index in [9.17, 15) is 19.4 Å². The number of quaternary nitrogens is 1. The van der Waals surface area contributed by atoms with Gasteiger partial charge < -0.3 is 19.8 Å². The van der Waals surface area contributed by atoms with Crippen LogP contribution in [0, 0.1) is 0 Å². The predicted molar refractivity (Wildman–Crippen MR) is 336 cm³/mol. The second-order valence-electron chi connectivity index (χ2n) is 22.4. The van der Waals surface area contributed by atoms with Gasteiger partial charge in [-0.1, -0.05) is 271 Å².